The number of likely N-dealkylation sites (N-methyl/N-ethyl adjacent to an activating group) is 1. The van der Waals surface area contributed by atoms with Gasteiger partial charge in [-0.2, -0.15) is 0 Å². The predicted molar refractivity (Wildman–Crippen MR) is 130 cm³/mol. The van der Waals surface area contributed by atoms with Crippen LogP contribution in [-0.2, 0) is 14.3 Å². The lowest BCUT2D eigenvalue weighted by molar-refractivity contribution is -0.133. The van der Waals surface area contributed by atoms with Crippen molar-refractivity contribution in [2.24, 2.45) is 4.99 Å². The van der Waals surface area contributed by atoms with Crippen molar-refractivity contribution in [1.82, 2.24) is 20.0 Å². The lowest BCUT2D eigenvalue weighted by Crippen LogP contribution is -2.53. The van der Waals surface area contributed by atoms with Crippen molar-refractivity contribution in [3.63, 3.8) is 0 Å². The number of aliphatic imine (C=N–C) groups is 1. The van der Waals surface area contributed by atoms with Crippen molar-refractivity contribution in [2.45, 2.75) is 57.3 Å². The van der Waals surface area contributed by atoms with E-state index in [0.717, 1.165) is 90.5 Å². The third-order valence-corrected chi connectivity index (χ3v) is 6.06. The van der Waals surface area contributed by atoms with E-state index in [0.29, 0.717) is 0 Å². The molecule has 0 aromatic heterocycles. The number of nitrogens with zero attached hydrogens (tertiary/aromatic N) is 4. The zero-order valence-corrected chi connectivity index (χ0v) is 21.2. The standard InChI is InChI=1S/C21H39N5O3.HI/c1-4-22-21(26-13-15-29-19(16-26)18-9-6-14-28-18)23-10-7-12-25-11-5-8-17(25)20(27)24(2)3;/h17-19H,4-16H2,1-3H3,(H,22,23);1H. The number of rotatable bonds is 7. The molecule has 3 atom stereocenters. The minimum atomic E-state index is 0. The van der Waals surface area contributed by atoms with Crippen LogP contribution in [0.1, 0.15) is 39.0 Å². The molecule has 3 fully saturated rings. The minimum absolute atomic E-state index is 0. The summed E-state index contributed by atoms with van der Waals surface area (Å²) < 4.78 is 11.8. The maximum absolute atomic E-state index is 12.3. The Balaban J connectivity index is 0.00000320. The summed E-state index contributed by atoms with van der Waals surface area (Å²) in [4.78, 5) is 23.6. The lowest BCUT2D eigenvalue weighted by atomic mass is 10.1. The topological polar surface area (TPSA) is 69.6 Å². The first-order valence-corrected chi connectivity index (χ1v) is 11.3. The molecule has 0 saturated carbocycles. The van der Waals surface area contributed by atoms with Crippen LogP contribution in [0.5, 0.6) is 0 Å². The van der Waals surface area contributed by atoms with Crippen molar-refractivity contribution >= 4 is 35.8 Å². The number of morpholine rings is 1. The Kier molecular flexibility index (Phi) is 11.1. The van der Waals surface area contributed by atoms with Crippen LogP contribution in [0.3, 0.4) is 0 Å². The molecule has 3 saturated heterocycles. The molecule has 8 nitrogen and oxygen atoms in total. The second kappa shape index (κ2) is 13.0. The molecule has 0 spiro atoms. The Bertz CT molecular complexity index is 557. The van der Waals surface area contributed by atoms with Crippen LogP contribution in [-0.4, -0.2) is 111 Å². The van der Waals surface area contributed by atoms with Gasteiger partial charge in [0.1, 0.15) is 6.10 Å². The number of carbonyl (C=O) groups is 1. The van der Waals surface area contributed by atoms with Gasteiger partial charge < -0.3 is 24.6 Å². The highest BCUT2D eigenvalue weighted by Gasteiger charge is 2.33. The molecular weight excluding hydrogens is 497 g/mol. The summed E-state index contributed by atoms with van der Waals surface area (Å²) in [5, 5.41) is 3.44. The maximum Gasteiger partial charge on any atom is 0.239 e. The van der Waals surface area contributed by atoms with E-state index in [4.69, 9.17) is 14.5 Å². The van der Waals surface area contributed by atoms with Crippen LogP contribution in [0.25, 0.3) is 0 Å². The van der Waals surface area contributed by atoms with Gasteiger partial charge in [-0.05, 0) is 45.6 Å². The zero-order chi connectivity index (χ0) is 20.6. The molecule has 1 N–H and O–H groups in total. The molecule has 0 aromatic rings. The van der Waals surface area contributed by atoms with Gasteiger partial charge in [-0.15, -0.1) is 24.0 Å². The summed E-state index contributed by atoms with van der Waals surface area (Å²) in [5.41, 5.74) is 0. The molecule has 3 aliphatic heterocycles. The van der Waals surface area contributed by atoms with Crippen molar-refractivity contribution < 1.29 is 14.3 Å². The first kappa shape index (κ1) is 25.6. The molecule has 3 rings (SSSR count). The molecule has 1 amide bonds. The van der Waals surface area contributed by atoms with Crippen LogP contribution in [0.15, 0.2) is 4.99 Å². The first-order valence-electron chi connectivity index (χ1n) is 11.3. The van der Waals surface area contributed by atoms with E-state index in [9.17, 15) is 4.79 Å². The summed E-state index contributed by atoms with van der Waals surface area (Å²) in [6, 6.07) is 0.0497. The number of ether oxygens (including phenoxy) is 2. The van der Waals surface area contributed by atoms with E-state index in [1.165, 1.54) is 0 Å². The molecule has 30 heavy (non-hydrogen) atoms. The third-order valence-electron chi connectivity index (χ3n) is 6.06. The Morgan fingerprint density at radius 3 is 2.63 bits per heavy atom. The van der Waals surface area contributed by atoms with E-state index < -0.39 is 0 Å². The number of hydrogen-bond acceptors (Lipinski definition) is 5. The van der Waals surface area contributed by atoms with Gasteiger partial charge in [0.25, 0.3) is 0 Å². The number of nitrogens with one attached hydrogen (secondary N) is 1. The number of halogens is 1. The van der Waals surface area contributed by atoms with Crippen molar-refractivity contribution in [2.75, 3.05) is 66.6 Å². The molecule has 0 aliphatic carbocycles. The Morgan fingerprint density at radius 1 is 1.13 bits per heavy atom. The van der Waals surface area contributed by atoms with E-state index in [2.05, 4.69) is 22.0 Å². The molecule has 9 heteroatoms. The summed E-state index contributed by atoms with van der Waals surface area (Å²) in [6.07, 6.45) is 5.63. The summed E-state index contributed by atoms with van der Waals surface area (Å²) in [7, 11) is 3.69. The average Bonchev–Trinajstić information content (AvgIpc) is 3.42. The number of likely N-dealkylation sites (tertiary alicyclic amines) is 1. The van der Waals surface area contributed by atoms with Crippen molar-refractivity contribution in [1.29, 1.82) is 0 Å². The molecule has 174 valence electrons. The SMILES string of the molecule is CCNC(=NCCCN1CCCC1C(=O)N(C)C)N1CCOC(C2CCCO2)C1.I. The van der Waals surface area contributed by atoms with E-state index in [1.807, 2.05) is 14.1 Å². The zero-order valence-electron chi connectivity index (χ0n) is 18.8. The van der Waals surface area contributed by atoms with Crippen LogP contribution in [0.4, 0.5) is 0 Å². The second-order valence-corrected chi connectivity index (χ2v) is 8.42. The Hall–Kier alpha value is -0.650. The Morgan fingerprint density at radius 2 is 1.93 bits per heavy atom. The summed E-state index contributed by atoms with van der Waals surface area (Å²) in [5.74, 6) is 1.20. The number of guanidine groups is 1. The third kappa shape index (κ3) is 6.93. The van der Waals surface area contributed by atoms with Gasteiger partial charge in [0.05, 0.1) is 18.8 Å². The van der Waals surface area contributed by atoms with Crippen LogP contribution < -0.4 is 5.32 Å². The highest BCUT2D eigenvalue weighted by Crippen LogP contribution is 2.21. The molecule has 3 unspecified atom stereocenters. The first-order chi connectivity index (χ1) is 14.1. The second-order valence-electron chi connectivity index (χ2n) is 8.42. The van der Waals surface area contributed by atoms with Gasteiger partial charge in [-0.3, -0.25) is 14.7 Å². The quantitative estimate of drug-likeness (QED) is 0.229. The smallest absolute Gasteiger partial charge is 0.239 e. The van der Waals surface area contributed by atoms with E-state index >= 15 is 0 Å². The molecule has 0 aromatic carbocycles. The van der Waals surface area contributed by atoms with Gasteiger partial charge in [-0.25, -0.2) is 0 Å². The van der Waals surface area contributed by atoms with Crippen molar-refractivity contribution in [3.05, 3.63) is 0 Å². The highest BCUT2D eigenvalue weighted by atomic mass is 127. The monoisotopic (exact) mass is 537 g/mol. The lowest BCUT2D eigenvalue weighted by Gasteiger charge is -2.37. The summed E-state index contributed by atoms with van der Waals surface area (Å²) in [6.45, 7) is 8.94. The van der Waals surface area contributed by atoms with E-state index in [1.54, 1.807) is 4.90 Å². The van der Waals surface area contributed by atoms with Gasteiger partial charge in [-0.1, -0.05) is 0 Å². The van der Waals surface area contributed by atoms with Gasteiger partial charge in [0, 0.05) is 53.4 Å². The predicted octanol–water partition coefficient (Wildman–Crippen LogP) is 1.39. The van der Waals surface area contributed by atoms with Crippen LogP contribution in [0.2, 0.25) is 0 Å². The van der Waals surface area contributed by atoms with Gasteiger partial charge in [0.2, 0.25) is 5.91 Å². The number of amides is 1. The molecule has 0 radical (unpaired) electrons. The fraction of sp³-hybridized carbons (Fsp3) is 0.905. The van der Waals surface area contributed by atoms with E-state index in [-0.39, 0.29) is 48.1 Å². The fourth-order valence-electron chi connectivity index (χ4n) is 4.54. The van der Waals surface area contributed by atoms with Gasteiger partial charge in [0.15, 0.2) is 5.96 Å². The molecule has 0 bridgehead atoms. The van der Waals surface area contributed by atoms with Gasteiger partial charge >= 0.3 is 0 Å². The highest BCUT2D eigenvalue weighted by molar-refractivity contribution is 14.0. The normalized spacial score (nSPS) is 27.8. The minimum Gasteiger partial charge on any atom is -0.375 e. The largest absolute Gasteiger partial charge is 0.375 e. The number of hydrogen-bond donors (Lipinski definition) is 1. The molecular formula is C21H40IN5O3. The molecule has 3 heterocycles. The average molecular weight is 537 g/mol. The molecule has 3 aliphatic rings. The maximum atomic E-state index is 12.3. The number of carbonyl (C=O) groups excluding carboxylic acids is 1. The van der Waals surface area contributed by atoms with Crippen LogP contribution in [0, 0.1) is 0 Å². The Labute approximate surface area is 198 Å². The van der Waals surface area contributed by atoms with Crippen molar-refractivity contribution in [3.8, 4) is 0 Å². The van der Waals surface area contributed by atoms with Crippen LogP contribution >= 0.6 is 24.0 Å². The fourth-order valence-corrected chi connectivity index (χ4v) is 4.54. The summed E-state index contributed by atoms with van der Waals surface area (Å²) >= 11 is 0.